The van der Waals surface area contributed by atoms with Gasteiger partial charge in [-0.25, -0.2) is 9.78 Å². The summed E-state index contributed by atoms with van der Waals surface area (Å²) >= 11 is 0. The van der Waals surface area contributed by atoms with Crippen molar-refractivity contribution in [1.29, 1.82) is 0 Å². The first-order valence-electron chi connectivity index (χ1n) is 6.13. The van der Waals surface area contributed by atoms with Gasteiger partial charge in [0, 0.05) is 25.0 Å². The van der Waals surface area contributed by atoms with E-state index in [-0.39, 0.29) is 23.9 Å². The minimum atomic E-state index is -1.20. The van der Waals surface area contributed by atoms with Gasteiger partial charge in [-0.15, -0.1) is 0 Å². The van der Waals surface area contributed by atoms with Crippen LogP contribution in [-0.4, -0.2) is 39.8 Å². The number of H-pyrrole nitrogens is 1. The van der Waals surface area contributed by atoms with Gasteiger partial charge in [-0.2, -0.15) is 0 Å². The summed E-state index contributed by atoms with van der Waals surface area (Å²) in [5.74, 6) is -0.164. The van der Waals surface area contributed by atoms with Crippen LogP contribution in [-0.2, 0) is 9.53 Å². The molecule has 0 aliphatic carbocycles. The molecule has 1 unspecified atom stereocenters. The summed E-state index contributed by atoms with van der Waals surface area (Å²) < 4.78 is 5.14. The topological polar surface area (TPSA) is 104 Å². The molecule has 0 spiro atoms. The van der Waals surface area contributed by atoms with Crippen LogP contribution in [0.3, 0.4) is 0 Å². The summed E-state index contributed by atoms with van der Waals surface area (Å²) in [6.07, 6.45) is 0.341. The summed E-state index contributed by atoms with van der Waals surface area (Å²) in [5.41, 5.74) is -1.50. The highest BCUT2D eigenvalue weighted by atomic mass is 16.5. The van der Waals surface area contributed by atoms with Crippen molar-refractivity contribution in [3.05, 3.63) is 22.2 Å². The second-order valence-electron chi connectivity index (χ2n) is 4.99. The van der Waals surface area contributed by atoms with Gasteiger partial charge in [-0.3, -0.25) is 4.79 Å². The van der Waals surface area contributed by atoms with E-state index in [0.717, 1.165) is 0 Å². The maximum atomic E-state index is 11.5. The van der Waals surface area contributed by atoms with Gasteiger partial charge in [-0.05, 0) is 0 Å². The zero-order valence-corrected chi connectivity index (χ0v) is 10.9. The van der Waals surface area contributed by atoms with Crippen LogP contribution in [0.2, 0.25) is 0 Å². The zero-order valence-electron chi connectivity index (χ0n) is 10.9. The summed E-state index contributed by atoms with van der Waals surface area (Å²) in [5, 5.41) is 12.2. The molecule has 1 fully saturated rings. The predicted octanol–water partition coefficient (Wildman–Crippen LogP) is 0.549. The Morgan fingerprint density at radius 1 is 1.63 bits per heavy atom. The van der Waals surface area contributed by atoms with Gasteiger partial charge in [0.25, 0.3) is 5.56 Å². The van der Waals surface area contributed by atoms with Crippen molar-refractivity contribution in [3.63, 3.8) is 0 Å². The van der Waals surface area contributed by atoms with Gasteiger partial charge in [0.2, 0.25) is 0 Å². The lowest BCUT2D eigenvalue weighted by atomic mass is 9.99. The fraction of sp³-hybridized carbons (Fsp3) is 0.583. The Morgan fingerprint density at radius 2 is 2.37 bits per heavy atom. The Morgan fingerprint density at radius 3 is 2.89 bits per heavy atom. The first kappa shape index (κ1) is 13.5. The van der Waals surface area contributed by atoms with Crippen LogP contribution in [0, 0.1) is 0 Å². The lowest BCUT2D eigenvalue weighted by Gasteiger charge is -2.24. The number of ether oxygens (including phenoxy) is 1. The first-order valence-corrected chi connectivity index (χ1v) is 6.13. The number of hydrogen-bond donors (Lipinski definition) is 3. The highest BCUT2D eigenvalue weighted by Gasteiger charge is 2.43. The molecule has 1 aromatic heterocycles. The van der Waals surface area contributed by atoms with Gasteiger partial charge in [0.1, 0.15) is 11.6 Å². The highest BCUT2D eigenvalue weighted by molar-refractivity contribution is 5.83. The maximum Gasteiger partial charge on any atom is 0.331 e. The van der Waals surface area contributed by atoms with E-state index in [0.29, 0.717) is 18.9 Å². The molecule has 7 nitrogen and oxygen atoms in total. The molecule has 1 aliphatic heterocycles. The Hall–Kier alpha value is -1.89. The van der Waals surface area contributed by atoms with E-state index in [1.807, 2.05) is 13.8 Å². The number of aliphatic carboxylic acids is 1. The zero-order chi connectivity index (χ0) is 14.0. The average molecular weight is 267 g/mol. The minimum Gasteiger partial charge on any atom is -0.479 e. The van der Waals surface area contributed by atoms with Crippen LogP contribution in [0.4, 0.5) is 5.82 Å². The Balaban J connectivity index is 2.32. The van der Waals surface area contributed by atoms with E-state index in [4.69, 9.17) is 4.74 Å². The fourth-order valence-corrected chi connectivity index (χ4v) is 1.94. The van der Waals surface area contributed by atoms with E-state index in [1.165, 1.54) is 6.07 Å². The van der Waals surface area contributed by atoms with Crippen LogP contribution in [0.25, 0.3) is 0 Å². The minimum absolute atomic E-state index is 0.0510. The second-order valence-corrected chi connectivity index (χ2v) is 4.99. The third-order valence-electron chi connectivity index (χ3n) is 3.11. The highest BCUT2D eigenvalue weighted by Crippen LogP contribution is 2.23. The van der Waals surface area contributed by atoms with Gasteiger partial charge < -0.3 is 20.1 Å². The number of hydrogen-bond acceptors (Lipinski definition) is 5. The number of rotatable bonds is 4. The van der Waals surface area contributed by atoms with Crippen LogP contribution in [0.15, 0.2) is 10.9 Å². The molecule has 3 N–H and O–H groups in total. The van der Waals surface area contributed by atoms with Crippen molar-refractivity contribution in [1.82, 2.24) is 9.97 Å². The van der Waals surface area contributed by atoms with Gasteiger partial charge in [0.05, 0.1) is 6.61 Å². The van der Waals surface area contributed by atoms with Crippen molar-refractivity contribution in [3.8, 4) is 0 Å². The van der Waals surface area contributed by atoms with Crippen molar-refractivity contribution in [2.75, 3.05) is 18.5 Å². The summed E-state index contributed by atoms with van der Waals surface area (Å²) in [4.78, 5) is 29.8. The van der Waals surface area contributed by atoms with E-state index in [1.54, 1.807) is 0 Å². The Labute approximate surface area is 110 Å². The van der Waals surface area contributed by atoms with Gasteiger partial charge in [0.15, 0.2) is 5.54 Å². The summed E-state index contributed by atoms with van der Waals surface area (Å²) in [6.45, 7) is 4.23. The second kappa shape index (κ2) is 5.00. The fourth-order valence-electron chi connectivity index (χ4n) is 1.94. The van der Waals surface area contributed by atoms with E-state index in [9.17, 15) is 14.7 Å². The summed E-state index contributed by atoms with van der Waals surface area (Å²) in [6, 6.07) is 1.26. The average Bonchev–Trinajstić information content (AvgIpc) is 2.78. The molecular weight excluding hydrogens is 250 g/mol. The smallest absolute Gasteiger partial charge is 0.331 e. The number of nitrogens with one attached hydrogen (secondary N) is 2. The SMILES string of the molecule is CC(C)c1nc(NC2(C(=O)O)CCOC2)cc(=O)[nH]1. The third-order valence-corrected chi connectivity index (χ3v) is 3.11. The van der Waals surface area contributed by atoms with Crippen molar-refractivity contribution in [2.45, 2.75) is 31.7 Å². The van der Waals surface area contributed by atoms with Crippen LogP contribution < -0.4 is 10.9 Å². The first-order chi connectivity index (χ1) is 8.93. The standard InChI is InChI=1S/C12H17N3O4/c1-7(2)10-13-8(5-9(16)14-10)15-12(11(17)18)3-4-19-6-12/h5,7H,3-4,6H2,1-2H3,(H,17,18)(H2,13,14,15,16). The molecule has 2 rings (SSSR count). The van der Waals surface area contributed by atoms with Gasteiger partial charge >= 0.3 is 5.97 Å². The molecule has 19 heavy (non-hydrogen) atoms. The lowest BCUT2D eigenvalue weighted by Crippen LogP contribution is -2.47. The number of aromatic amines is 1. The molecule has 2 heterocycles. The predicted molar refractivity (Wildman–Crippen MR) is 68.4 cm³/mol. The molecule has 1 atom stereocenters. The Bertz CT molecular complexity index is 532. The van der Waals surface area contributed by atoms with Crippen LogP contribution in [0.1, 0.15) is 32.0 Å². The molecule has 1 aliphatic rings. The number of nitrogens with zero attached hydrogens (tertiary/aromatic N) is 1. The summed E-state index contributed by atoms with van der Waals surface area (Å²) in [7, 11) is 0. The molecule has 7 heteroatoms. The molecular formula is C12H17N3O4. The van der Waals surface area contributed by atoms with Crippen molar-refractivity contribution < 1.29 is 14.6 Å². The van der Waals surface area contributed by atoms with Crippen molar-refractivity contribution in [2.24, 2.45) is 0 Å². The molecule has 0 saturated carbocycles. The lowest BCUT2D eigenvalue weighted by molar-refractivity contribution is -0.142. The molecule has 0 bridgehead atoms. The van der Waals surface area contributed by atoms with Gasteiger partial charge in [-0.1, -0.05) is 13.8 Å². The van der Waals surface area contributed by atoms with Crippen LogP contribution >= 0.6 is 0 Å². The molecule has 0 radical (unpaired) electrons. The molecule has 1 aromatic rings. The van der Waals surface area contributed by atoms with E-state index < -0.39 is 11.5 Å². The van der Waals surface area contributed by atoms with E-state index in [2.05, 4.69) is 15.3 Å². The Kier molecular flexibility index (Phi) is 3.57. The monoisotopic (exact) mass is 267 g/mol. The normalized spacial score (nSPS) is 22.7. The number of carboxylic acids is 1. The number of carbonyl (C=O) groups is 1. The van der Waals surface area contributed by atoms with Crippen LogP contribution in [0.5, 0.6) is 0 Å². The number of aromatic nitrogens is 2. The number of carboxylic acid groups (broad SMARTS) is 1. The molecule has 104 valence electrons. The van der Waals surface area contributed by atoms with E-state index >= 15 is 0 Å². The maximum absolute atomic E-state index is 11.5. The van der Waals surface area contributed by atoms with Crippen molar-refractivity contribution >= 4 is 11.8 Å². The molecule has 0 amide bonds. The quantitative estimate of drug-likeness (QED) is 0.736. The largest absolute Gasteiger partial charge is 0.479 e. The number of anilines is 1. The molecule has 1 saturated heterocycles. The molecule has 0 aromatic carbocycles. The third kappa shape index (κ3) is 2.76.